The lowest BCUT2D eigenvalue weighted by Crippen LogP contribution is -2.39. The van der Waals surface area contributed by atoms with Crippen LogP contribution in [0, 0.1) is 0 Å². The first kappa shape index (κ1) is 16.7. The van der Waals surface area contributed by atoms with Crippen LogP contribution in [0.1, 0.15) is 43.6 Å². The van der Waals surface area contributed by atoms with Gasteiger partial charge in [-0.3, -0.25) is 4.98 Å². The Morgan fingerprint density at radius 3 is 2.76 bits per heavy atom. The van der Waals surface area contributed by atoms with Crippen molar-refractivity contribution in [2.24, 2.45) is 0 Å². The first-order valence-electron chi connectivity index (χ1n) is 9.79. The number of imidazole rings is 1. The minimum atomic E-state index is 0.582. The van der Waals surface area contributed by atoms with Crippen LogP contribution in [0.15, 0.2) is 24.5 Å². The maximum absolute atomic E-state index is 5.09. The van der Waals surface area contributed by atoms with Gasteiger partial charge in [-0.15, -0.1) is 0 Å². The molecule has 5 nitrogen and oxygen atoms in total. The minimum absolute atomic E-state index is 0.582. The van der Waals surface area contributed by atoms with Crippen LogP contribution in [0.3, 0.4) is 0 Å². The second-order valence-corrected chi connectivity index (χ2v) is 7.29. The van der Waals surface area contributed by atoms with Crippen LogP contribution in [0.2, 0.25) is 0 Å². The number of likely N-dealkylation sites (tertiary alicyclic amines) is 1. The van der Waals surface area contributed by atoms with Gasteiger partial charge in [0.1, 0.15) is 5.82 Å². The molecule has 0 unspecified atom stereocenters. The highest BCUT2D eigenvalue weighted by molar-refractivity contribution is 5.58. The third-order valence-corrected chi connectivity index (χ3v) is 5.59. The van der Waals surface area contributed by atoms with E-state index in [2.05, 4.69) is 45.0 Å². The Bertz CT molecular complexity index is 698. The van der Waals surface area contributed by atoms with Gasteiger partial charge < -0.3 is 14.8 Å². The molecule has 2 fully saturated rings. The first-order valence-corrected chi connectivity index (χ1v) is 9.79. The summed E-state index contributed by atoms with van der Waals surface area (Å²) in [4.78, 5) is 12.1. The second-order valence-electron chi connectivity index (χ2n) is 7.29. The highest BCUT2D eigenvalue weighted by Crippen LogP contribution is 2.28. The maximum atomic E-state index is 5.09. The lowest BCUT2D eigenvalue weighted by atomic mass is 9.97. The number of piperidine rings is 1. The quantitative estimate of drug-likeness (QED) is 0.879. The molecular formula is C20H29N5. The van der Waals surface area contributed by atoms with Gasteiger partial charge in [-0.1, -0.05) is 6.92 Å². The third kappa shape index (κ3) is 3.77. The van der Waals surface area contributed by atoms with Crippen LogP contribution in [-0.4, -0.2) is 52.2 Å². The predicted octanol–water partition coefficient (Wildman–Crippen LogP) is 2.68. The van der Waals surface area contributed by atoms with Gasteiger partial charge in [-0.05, 0) is 64.0 Å². The predicted molar refractivity (Wildman–Crippen MR) is 101 cm³/mol. The fraction of sp³-hybridized carbons (Fsp3) is 0.600. The molecular weight excluding hydrogens is 310 g/mol. The van der Waals surface area contributed by atoms with Gasteiger partial charge in [0.05, 0.1) is 5.69 Å². The van der Waals surface area contributed by atoms with Crippen molar-refractivity contribution in [3.8, 4) is 11.3 Å². The zero-order valence-corrected chi connectivity index (χ0v) is 15.2. The zero-order valence-electron chi connectivity index (χ0n) is 15.2. The van der Waals surface area contributed by atoms with E-state index in [4.69, 9.17) is 4.98 Å². The fourth-order valence-corrected chi connectivity index (χ4v) is 3.84. The Morgan fingerprint density at radius 1 is 1.20 bits per heavy atom. The van der Waals surface area contributed by atoms with E-state index in [0.717, 1.165) is 44.0 Å². The van der Waals surface area contributed by atoms with E-state index in [1.807, 2.05) is 6.20 Å². The number of nitrogens with one attached hydrogen (secondary N) is 1. The number of hydrogen-bond donors (Lipinski definition) is 1. The molecule has 2 saturated heterocycles. The summed E-state index contributed by atoms with van der Waals surface area (Å²) >= 11 is 0. The van der Waals surface area contributed by atoms with Crippen molar-refractivity contribution in [2.75, 3.05) is 32.7 Å². The molecule has 0 atom stereocenters. The van der Waals surface area contributed by atoms with Gasteiger partial charge in [0, 0.05) is 42.7 Å². The maximum Gasteiger partial charge on any atom is 0.112 e. The summed E-state index contributed by atoms with van der Waals surface area (Å²) in [5.74, 6) is 1.87. The number of hydrogen-bond acceptors (Lipinski definition) is 4. The van der Waals surface area contributed by atoms with Crippen LogP contribution in [0.4, 0.5) is 0 Å². The molecule has 2 aromatic heterocycles. The van der Waals surface area contributed by atoms with Crippen LogP contribution in [0.5, 0.6) is 0 Å². The summed E-state index contributed by atoms with van der Waals surface area (Å²) in [5.41, 5.74) is 3.44. The Hall–Kier alpha value is -1.72. The largest absolute Gasteiger partial charge is 0.333 e. The Kier molecular flexibility index (Phi) is 5.13. The minimum Gasteiger partial charge on any atom is -0.333 e. The average molecular weight is 339 g/mol. The smallest absolute Gasteiger partial charge is 0.112 e. The molecule has 4 heterocycles. The lowest BCUT2D eigenvalue weighted by molar-refractivity contribution is 0.173. The van der Waals surface area contributed by atoms with Crippen LogP contribution in [0.25, 0.3) is 11.3 Å². The normalized spacial score (nSPS) is 19.1. The van der Waals surface area contributed by atoms with Gasteiger partial charge in [-0.25, -0.2) is 4.98 Å². The summed E-state index contributed by atoms with van der Waals surface area (Å²) in [6, 6.07) is 4.28. The van der Waals surface area contributed by atoms with Crippen molar-refractivity contribution >= 4 is 0 Å². The van der Waals surface area contributed by atoms with Crippen LogP contribution in [-0.2, 0) is 13.0 Å². The molecule has 25 heavy (non-hydrogen) atoms. The molecule has 134 valence electrons. The highest BCUT2D eigenvalue weighted by Gasteiger charge is 2.22. The number of pyridine rings is 1. The molecule has 2 aliphatic rings. The van der Waals surface area contributed by atoms with Crippen molar-refractivity contribution < 1.29 is 0 Å². The van der Waals surface area contributed by atoms with E-state index in [-0.39, 0.29) is 0 Å². The number of nitrogens with zero attached hydrogens (tertiary/aromatic N) is 4. The van der Waals surface area contributed by atoms with Gasteiger partial charge >= 0.3 is 0 Å². The summed E-state index contributed by atoms with van der Waals surface area (Å²) in [5, 5.41) is 3.47. The van der Waals surface area contributed by atoms with E-state index in [9.17, 15) is 0 Å². The molecule has 0 aromatic carbocycles. The molecule has 0 saturated carbocycles. The summed E-state index contributed by atoms with van der Waals surface area (Å²) in [6.07, 6.45) is 8.88. The first-order chi connectivity index (χ1) is 12.3. The summed E-state index contributed by atoms with van der Waals surface area (Å²) < 4.78 is 2.43. The third-order valence-electron chi connectivity index (χ3n) is 5.59. The molecule has 0 amide bonds. The van der Waals surface area contributed by atoms with Crippen molar-refractivity contribution in [1.82, 2.24) is 24.8 Å². The number of rotatable bonds is 6. The van der Waals surface area contributed by atoms with Gasteiger partial charge in [-0.2, -0.15) is 0 Å². The number of aromatic nitrogens is 3. The van der Waals surface area contributed by atoms with Crippen molar-refractivity contribution in [2.45, 2.75) is 45.1 Å². The van der Waals surface area contributed by atoms with E-state index in [1.165, 1.54) is 43.7 Å². The zero-order chi connectivity index (χ0) is 17.1. The molecule has 5 heteroatoms. The molecule has 2 aliphatic heterocycles. The Labute approximate surface area is 150 Å². The number of aryl methyl sites for hydroxylation is 1. The SMILES string of the molecule is CCc1cc(-c2cn(CCN3CCC3)c(C3CCNCC3)n2)ccn1. The van der Waals surface area contributed by atoms with E-state index < -0.39 is 0 Å². The highest BCUT2D eigenvalue weighted by atomic mass is 15.2. The van der Waals surface area contributed by atoms with E-state index in [0.29, 0.717) is 5.92 Å². The van der Waals surface area contributed by atoms with E-state index in [1.54, 1.807) is 0 Å². The van der Waals surface area contributed by atoms with Crippen molar-refractivity contribution in [3.63, 3.8) is 0 Å². The lowest BCUT2D eigenvalue weighted by Gasteiger charge is -2.31. The van der Waals surface area contributed by atoms with Crippen molar-refractivity contribution in [1.29, 1.82) is 0 Å². The molecule has 2 aromatic rings. The molecule has 1 N–H and O–H groups in total. The van der Waals surface area contributed by atoms with Gasteiger partial charge in [0.25, 0.3) is 0 Å². The van der Waals surface area contributed by atoms with Crippen molar-refractivity contribution in [3.05, 3.63) is 36.0 Å². The monoisotopic (exact) mass is 339 g/mol. The Balaban J connectivity index is 1.61. The van der Waals surface area contributed by atoms with Gasteiger partial charge in [0.2, 0.25) is 0 Å². The molecule has 0 aliphatic carbocycles. The summed E-state index contributed by atoms with van der Waals surface area (Å²) in [6.45, 7) is 9.08. The fourth-order valence-electron chi connectivity index (χ4n) is 3.84. The molecule has 0 radical (unpaired) electrons. The van der Waals surface area contributed by atoms with E-state index >= 15 is 0 Å². The second kappa shape index (κ2) is 7.67. The van der Waals surface area contributed by atoms with Crippen LogP contribution >= 0.6 is 0 Å². The molecule has 0 bridgehead atoms. The van der Waals surface area contributed by atoms with Crippen LogP contribution < -0.4 is 5.32 Å². The van der Waals surface area contributed by atoms with Gasteiger partial charge in [0.15, 0.2) is 0 Å². The molecule has 0 spiro atoms. The summed E-state index contributed by atoms with van der Waals surface area (Å²) in [7, 11) is 0. The average Bonchev–Trinajstić information content (AvgIpc) is 3.05. The molecule has 4 rings (SSSR count). The standard InChI is InChI=1S/C20H29N5/c1-2-18-14-17(6-9-22-18)19-15-25(13-12-24-10-3-11-24)20(23-19)16-4-7-21-8-5-16/h6,9,14-16,21H,2-5,7-8,10-13H2,1H3. The topological polar surface area (TPSA) is 46.0 Å². The Morgan fingerprint density at radius 2 is 2.04 bits per heavy atom.